The third-order valence-electron chi connectivity index (χ3n) is 2.97. The Morgan fingerprint density at radius 3 is 2.71 bits per heavy atom. The van der Waals surface area contributed by atoms with E-state index in [9.17, 15) is 10.1 Å². The zero-order valence-electron chi connectivity index (χ0n) is 12.2. The first kappa shape index (κ1) is 15.2. The number of nitro groups is 1. The molecule has 0 saturated carbocycles. The molecule has 0 aliphatic heterocycles. The fourth-order valence-electron chi connectivity index (χ4n) is 2.06. The quantitative estimate of drug-likeness (QED) is 0.623. The number of benzene rings is 1. The second kappa shape index (κ2) is 6.53. The van der Waals surface area contributed by atoms with Crippen LogP contribution in [0.3, 0.4) is 0 Å². The predicted octanol–water partition coefficient (Wildman–Crippen LogP) is 3.96. The highest BCUT2D eigenvalue weighted by atomic mass is 32.1. The van der Waals surface area contributed by atoms with Crippen LogP contribution in [0.1, 0.15) is 30.6 Å². The van der Waals surface area contributed by atoms with E-state index in [0.29, 0.717) is 17.9 Å². The topological polar surface area (TPSA) is 80.1 Å². The van der Waals surface area contributed by atoms with Crippen molar-refractivity contribution in [1.29, 1.82) is 0 Å². The van der Waals surface area contributed by atoms with Crippen LogP contribution in [0, 0.1) is 17.0 Å². The van der Waals surface area contributed by atoms with Gasteiger partial charge >= 0.3 is 5.69 Å². The van der Waals surface area contributed by atoms with E-state index in [1.807, 2.05) is 26.2 Å². The molecule has 6 nitrogen and oxygen atoms in total. The Morgan fingerprint density at radius 1 is 1.43 bits per heavy atom. The van der Waals surface area contributed by atoms with Crippen molar-refractivity contribution < 1.29 is 4.92 Å². The lowest BCUT2D eigenvalue weighted by atomic mass is 10.2. The van der Waals surface area contributed by atoms with Crippen LogP contribution >= 0.6 is 11.3 Å². The van der Waals surface area contributed by atoms with Gasteiger partial charge in [-0.2, -0.15) is 0 Å². The van der Waals surface area contributed by atoms with Crippen LogP contribution < -0.4 is 10.6 Å². The maximum absolute atomic E-state index is 11.4. The minimum absolute atomic E-state index is 0.0690. The summed E-state index contributed by atoms with van der Waals surface area (Å²) in [4.78, 5) is 15.4. The number of aromatic nitrogens is 1. The molecule has 0 fully saturated rings. The molecule has 1 unspecified atom stereocenters. The van der Waals surface area contributed by atoms with Gasteiger partial charge in [-0.1, -0.05) is 6.07 Å². The summed E-state index contributed by atoms with van der Waals surface area (Å²) in [6.07, 6.45) is 0. The van der Waals surface area contributed by atoms with Crippen molar-refractivity contribution in [3.63, 3.8) is 0 Å². The van der Waals surface area contributed by atoms with Crippen molar-refractivity contribution >= 4 is 28.4 Å². The molecule has 0 spiro atoms. The highest BCUT2D eigenvalue weighted by molar-refractivity contribution is 7.09. The van der Waals surface area contributed by atoms with Gasteiger partial charge < -0.3 is 10.6 Å². The Labute approximate surface area is 127 Å². The Bertz CT molecular complexity index is 642. The fourth-order valence-corrected chi connectivity index (χ4v) is 2.86. The Balaban J connectivity index is 2.30. The average molecular weight is 306 g/mol. The van der Waals surface area contributed by atoms with E-state index in [1.54, 1.807) is 29.5 Å². The van der Waals surface area contributed by atoms with Crippen LogP contribution in [-0.2, 0) is 0 Å². The molecule has 21 heavy (non-hydrogen) atoms. The lowest BCUT2D eigenvalue weighted by molar-refractivity contribution is -0.383. The van der Waals surface area contributed by atoms with Gasteiger partial charge in [0.05, 0.1) is 11.0 Å². The number of nitrogens with zero attached hydrogens (tertiary/aromatic N) is 2. The van der Waals surface area contributed by atoms with Gasteiger partial charge in [-0.25, -0.2) is 4.98 Å². The van der Waals surface area contributed by atoms with Gasteiger partial charge in [-0.05, 0) is 32.9 Å². The summed E-state index contributed by atoms with van der Waals surface area (Å²) in [6, 6.07) is 5.15. The Kier molecular flexibility index (Phi) is 4.74. The molecule has 0 amide bonds. The summed E-state index contributed by atoms with van der Waals surface area (Å²) < 4.78 is 0. The lowest BCUT2D eigenvalue weighted by Crippen LogP contribution is -2.10. The smallest absolute Gasteiger partial charge is 0.315 e. The minimum atomic E-state index is -0.361. The van der Waals surface area contributed by atoms with Crippen LogP contribution in [-0.4, -0.2) is 16.5 Å². The molecule has 1 atom stereocenters. The van der Waals surface area contributed by atoms with Crippen molar-refractivity contribution in [2.24, 2.45) is 0 Å². The van der Waals surface area contributed by atoms with Crippen LogP contribution in [0.4, 0.5) is 17.1 Å². The molecule has 0 aliphatic carbocycles. The molecule has 0 aliphatic rings. The van der Waals surface area contributed by atoms with Gasteiger partial charge in [0.1, 0.15) is 16.4 Å². The molecule has 1 aromatic carbocycles. The number of nitro benzene ring substituents is 1. The second-order valence-corrected chi connectivity index (χ2v) is 5.57. The SMILES string of the molecule is CCNc1cccc(NC(C)c2nc(C)cs2)c1[N+](=O)[O-]. The van der Waals surface area contributed by atoms with Crippen LogP contribution in [0.15, 0.2) is 23.6 Å². The van der Waals surface area contributed by atoms with Crippen molar-refractivity contribution in [2.75, 3.05) is 17.2 Å². The molecule has 1 aromatic heterocycles. The average Bonchev–Trinajstić information content (AvgIpc) is 2.86. The van der Waals surface area contributed by atoms with Crippen molar-refractivity contribution in [3.8, 4) is 0 Å². The molecular formula is C14H18N4O2S. The summed E-state index contributed by atoms with van der Waals surface area (Å²) in [5.41, 5.74) is 2.05. The van der Waals surface area contributed by atoms with E-state index in [0.717, 1.165) is 10.7 Å². The first-order valence-electron chi connectivity index (χ1n) is 6.72. The highest BCUT2D eigenvalue weighted by Gasteiger charge is 2.21. The zero-order valence-corrected chi connectivity index (χ0v) is 13.0. The lowest BCUT2D eigenvalue weighted by Gasteiger charge is -2.14. The third-order valence-corrected chi connectivity index (χ3v) is 4.11. The summed E-state index contributed by atoms with van der Waals surface area (Å²) in [5, 5.41) is 20.4. The number of anilines is 2. The van der Waals surface area contributed by atoms with Gasteiger partial charge in [0.2, 0.25) is 0 Å². The van der Waals surface area contributed by atoms with Gasteiger partial charge in [-0.15, -0.1) is 11.3 Å². The van der Waals surface area contributed by atoms with Crippen molar-refractivity contribution in [2.45, 2.75) is 26.8 Å². The van der Waals surface area contributed by atoms with Crippen LogP contribution in [0.2, 0.25) is 0 Å². The molecule has 0 saturated heterocycles. The largest absolute Gasteiger partial charge is 0.380 e. The monoisotopic (exact) mass is 306 g/mol. The first-order chi connectivity index (χ1) is 10.0. The number of hydrogen-bond acceptors (Lipinski definition) is 6. The number of rotatable bonds is 6. The van der Waals surface area contributed by atoms with Gasteiger partial charge in [0, 0.05) is 17.6 Å². The maximum Gasteiger partial charge on any atom is 0.315 e. The highest BCUT2D eigenvalue weighted by Crippen LogP contribution is 2.35. The van der Waals surface area contributed by atoms with E-state index in [-0.39, 0.29) is 16.7 Å². The van der Waals surface area contributed by atoms with Crippen molar-refractivity contribution in [1.82, 2.24) is 4.98 Å². The summed E-state index contributed by atoms with van der Waals surface area (Å²) in [7, 11) is 0. The molecule has 0 radical (unpaired) electrons. The molecule has 0 bridgehead atoms. The van der Waals surface area contributed by atoms with E-state index in [4.69, 9.17) is 0 Å². The molecular weight excluding hydrogens is 288 g/mol. The molecule has 1 heterocycles. The Morgan fingerprint density at radius 2 is 2.14 bits per heavy atom. The number of hydrogen-bond donors (Lipinski definition) is 2. The van der Waals surface area contributed by atoms with Crippen LogP contribution in [0.25, 0.3) is 0 Å². The van der Waals surface area contributed by atoms with E-state index < -0.39 is 0 Å². The summed E-state index contributed by atoms with van der Waals surface area (Å²) in [6.45, 7) is 6.42. The number of aryl methyl sites for hydroxylation is 1. The molecule has 112 valence electrons. The van der Waals surface area contributed by atoms with E-state index >= 15 is 0 Å². The van der Waals surface area contributed by atoms with E-state index in [1.165, 1.54) is 0 Å². The second-order valence-electron chi connectivity index (χ2n) is 4.68. The normalized spacial score (nSPS) is 12.0. The fraction of sp³-hybridized carbons (Fsp3) is 0.357. The van der Waals surface area contributed by atoms with Gasteiger partial charge in [-0.3, -0.25) is 10.1 Å². The molecule has 7 heteroatoms. The van der Waals surface area contributed by atoms with Crippen LogP contribution in [0.5, 0.6) is 0 Å². The Hall–Kier alpha value is -2.15. The molecule has 2 aromatic rings. The van der Waals surface area contributed by atoms with Crippen molar-refractivity contribution in [3.05, 3.63) is 44.4 Å². The van der Waals surface area contributed by atoms with Gasteiger partial charge in [0.25, 0.3) is 0 Å². The predicted molar refractivity (Wildman–Crippen MR) is 86.1 cm³/mol. The maximum atomic E-state index is 11.4. The number of nitrogens with one attached hydrogen (secondary N) is 2. The number of thiazole rings is 1. The third kappa shape index (κ3) is 3.49. The summed E-state index contributed by atoms with van der Waals surface area (Å²) >= 11 is 1.55. The molecule has 2 rings (SSSR count). The minimum Gasteiger partial charge on any atom is -0.380 e. The zero-order chi connectivity index (χ0) is 15.4. The van der Waals surface area contributed by atoms with Gasteiger partial charge in [0.15, 0.2) is 0 Å². The molecule has 2 N–H and O–H groups in total. The number of para-hydroxylation sites is 1. The first-order valence-corrected chi connectivity index (χ1v) is 7.60. The standard InChI is InChI=1S/C14H18N4O2S/c1-4-15-11-6-5-7-12(13(11)18(19)20)17-10(3)14-16-9(2)8-21-14/h5-8,10,15,17H,4H2,1-3H3. The van der Waals surface area contributed by atoms with E-state index in [2.05, 4.69) is 15.6 Å². The summed E-state index contributed by atoms with van der Waals surface area (Å²) in [5.74, 6) is 0.